The minimum absolute atomic E-state index is 0.00655. The summed E-state index contributed by atoms with van der Waals surface area (Å²) in [5.74, 6) is -2.38. The fourth-order valence-corrected chi connectivity index (χ4v) is 9.14. The van der Waals surface area contributed by atoms with E-state index < -0.39 is 38.2 Å². The summed E-state index contributed by atoms with van der Waals surface area (Å²) in [5.41, 5.74) is 0.445. The monoisotopic (exact) mass is 710 g/mol. The lowest BCUT2D eigenvalue weighted by Gasteiger charge is -2.36. The third kappa shape index (κ3) is 8.96. The van der Waals surface area contributed by atoms with Gasteiger partial charge in [-0.3, -0.25) is 23.9 Å². The lowest BCUT2D eigenvalue weighted by atomic mass is 9.91. The lowest BCUT2D eigenvalue weighted by Crippen LogP contribution is -2.55. The number of hydrogen-bond acceptors (Lipinski definition) is 9. The Hall–Kier alpha value is -4.02. The van der Waals surface area contributed by atoms with Gasteiger partial charge in [-0.2, -0.15) is 5.10 Å². The first-order chi connectivity index (χ1) is 23.5. The standard InChI is InChI=1S/C33H45FN9O4SSi/c1-21(2)43-27(13-14-36-43)30(44)39-49(24-9-7-5-6-8-10-24)33(47)37-26-12-11-23(19-25(26)34)22(3)29(38-31(45)28-20-35-40-48-28)32(46)42-17-15-41(4)16-18-42/h11-14,19-22,24,29H,5-10,15-18H2,1-4H3,(H,37,47)(H,38,45)(H,39,44)/t22-,29+/m0/s1. The number of amides is 4. The van der Waals surface area contributed by atoms with Gasteiger partial charge in [0, 0.05) is 44.3 Å². The molecule has 0 spiro atoms. The second kappa shape index (κ2) is 16.6. The summed E-state index contributed by atoms with van der Waals surface area (Å²) in [6, 6.07) is 5.06. The second-order valence-corrected chi connectivity index (χ2v) is 16.3. The number of anilines is 1. The van der Waals surface area contributed by atoms with Crippen molar-refractivity contribution in [3.8, 4) is 0 Å². The third-order valence-corrected chi connectivity index (χ3v) is 12.5. The molecule has 1 aromatic carbocycles. The molecule has 3 aromatic rings. The highest BCUT2D eigenvalue weighted by Crippen LogP contribution is 2.31. The van der Waals surface area contributed by atoms with Gasteiger partial charge in [-0.15, -0.1) is 5.10 Å². The van der Waals surface area contributed by atoms with Gasteiger partial charge in [0.15, 0.2) is 0 Å². The molecule has 49 heavy (non-hydrogen) atoms. The molecule has 1 saturated heterocycles. The molecule has 2 aromatic heterocycles. The van der Waals surface area contributed by atoms with Crippen LogP contribution in [0.25, 0.3) is 0 Å². The fraction of sp³-hybridized carbons (Fsp3) is 0.545. The normalized spacial score (nSPS) is 17.4. The van der Waals surface area contributed by atoms with E-state index in [4.69, 9.17) is 0 Å². The zero-order chi connectivity index (χ0) is 35.1. The fourth-order valence-electron chi connectivity index (χ4n) is 6.41. The molecule has 13 nitrogen and oxygen atoms in total. The molecule has 263 valence electrons. The van der Waals surface area contributed by atoms with E-state index in [1.165, 1.54) is 18.3 Å². The Kier molecular flexibility index (Phi) is 12.3. The maximum atomic E-state index is 15.8. The number of aromatic nitrogens is 4. The van der Waals surface area contributed by atoms with E-state index in [2.05, 4.69) is 35.2 Å². The zero-order valence-corrected chi connectivity index (χ0v) is 30.3. The topological polar surface area (TPSA) is 154 Å². The van der Waals surface area contributed by atoms with Crippen LogP contribution in [0, 0.1) is 5.82 Å². The SMILES string of the molecule is CC(C)n1nccc1C(=O)N[Si](C(=O)Nc1ccc([C@H](C)[C@@H](NC(=O)c2cnns2)C(=O)N2CCN(C)CC2)cc1F)C1CCCCCC1. The highest BCUT2D eigenvalue weighted by Gasteiger charge is 2.37. The van der Waals surface area contributed by atoms with Crippen LogP contribution in [-0.2, 0) is 4.79 Å². The molecule has 2 aliphatic rings. The first kappa shape index (κ1) is 36.3. The molecule has 3 heterocycles. The number of hydrogen-bond donors (Lipinski definition) is 3. The minimum Gasteiger partial charge on any atom is -0.368 e. The summed E-state index contributed by atoms with van der Waals surface area (Å²) in [6.07, 6.45) is 8.63. The van der Waals surface area contributed by atoms with Crippen molar-refractivity contribution in [2.75, 3.05) is 38.5 Å². The van der Waals surface area contributed by atoms with Crippen LogP contribution >= 0.6 is 11.5 Å². The summed E-state index contributed by atoms with van der Waals surface area (Å²) in [4.78, 5) is 61.3. The van der Waals surface area contributed by atoms with E-state index in [1.807, 2.05) is 20.9 Å². The van der Waals surface area contributed by atoms with Crippen LogP contribution in [0.15, 0.2) is 36.7 Å². The Labute approximate surface area is 291 Å². The number of carbonyl (C=O) groups excluding carboxylic acids is 4. The molecule has 1 aliphatic carbocycles. The molecule has 1 radical (unpaired) electrons. The first-order valence-corrected chi connectivity index (χ1v) is 19.3. The van der Waals surface area contributed by atoms with E-state index in [0.717, 1.165) is 50.1 Å². The number of rotatable bonds is 11. The van der Waals surface area contributed by atoms with Crippen molar-refractivity contribution in [1.82, 2.24) is 39.5 Å². The largest absolute Gasteiger partial charge is 0.368 e. The molecule has 5 rings (SSSR count). The van der Waals surface area contributed by atoms with Crippen LogP contribution < -0.4 is 15.6 Å². The maximum absolute atomic E-state index is 15.8. The summed E-state index contributed by atoms with van der Waals surface area (Å²) < 4.78 is 21.2. The van der Waals surface area contributed by atoms with E-state index in [-0.39, 0.29) is 34.0 Å². The predicted octanol–water partition coefficient (Wildman–Crippen LogP) is 4.39. The van der Waals surface area contributed by atoms with Crippen LogP contribution in [0.1, 0.15) is 97.0 Å². The first-order valence-electron chi connectivity index (χ1n) is 16.9. The third-order valence-electron chi connectivity index (χ3n) is 9.37. The molecule has 2 atom stereocenters. The quantitative estimate of drug-likeness (QED) is 0.196. The van der Waals surface area contributed by atoms with Crippen LogP contribution in [-0.4, -0.2) is 101 Å². The predicted molar refractivity (Wildman–Crippen MR) is 186 cm³/mol. The van der Waals surface area contributed by atoms with Crippen molar-refractivity contribution >= 4 is 49.4 Å². The van der Waals surface area contributed by atoms with Gasteiger partial charge in [0.05, 0.1) is 11.9 Å². The van der Waals surface area contributed by atoms with E-state index in [9.17, 15) is 19.2 Å². The smallest absolute Gasteiger partial charge is 0.284 e. The van der Waals surface area contributed by atoms with E-state index >= 15 is 4.39 Å². The summed E-state index contributed by atoms with van der Waals surface area (Å²) >= 11 is 0.923. The second-order valence-electron chi connectivity index (χ2n) is 13.2. The van der Waals surface area contributed by atoms with Gasteiger partial charge < -0.3 is 25.4 Å². The summed E-state index contributed by atoms with van der Waals surface area (Å²) in [5, 5.41) is 13.6. The van der Waals surface area contributed by atoms with Crippen molar-refractivity contribution in [1.29, 1.82) is 0 Å². The van der Waals surface area contributed by atoms with Gasteiger partial charge in [0.25, 0.3) is 20.8 Å². The molecule has 4 amide bonds. The summed E-state index contributed by atoms with van der Waals surface area (Å²) in [6.45, 7) is 8.05. The molecule has 0 unspecified atom stereocenters. The number of nitrogens with one attached hydrogen (secondary N) is 3. The number of carbonyl (C=O) groups is 4. The number of halogens is 1. The number of likely N-dealkylation sites (N-methyl/N-ethyl adjacent to an activating group) is 1. The average molecular weight is 711 g/mol. The van der Waals surface area contributed by atoms with Gasteiger partial charge in [0.2, 0.25) is 11.4 Å². The number of nitrogens with zero attached hydrogens (tertiary/aromatic N) is 6. The van der Waals surface area contributed by atoms with Crippen molar-refractivity contribution < 1.29 is 23.6 Å². The Morgan fingerprint density at radius 2 is 1.69 bits per heavy atom. The Morgan fingerprint density at radius 1 is 0.980 bits per heavy atom. The molecule has 1 saturated carbocycles. The van der Waals surface area contributed by atoms with Gasteiger partial charge in [-0.25, -0.2) is 4.39 Å². The van der Waals surface area contributed by atoms with Crippen LogP contribution in [0.2, 0.25) is 5.54 Å². The van der Waals surface area contributed by atoms with Crippen LogP contribution in [0.4, 0.5) is 14.9 Å². The molecule has 2 fully saturated rings. The highest BCUT2D eigenvalue weighted by molar-refractivity contribution is 7.07. The number of benzene rings is 1. The molecule has 0 bridgehead atoms. The van der Waals surface area contributed by atoms with Gasteiger partial charge in [-0.1, -0.05) is 56.0 Å². The van der Waals surface area contributed by atoms with Gasteiger partial charge in [-0.05, 0) is 61.7 Å². The molecular formula is C33H45FN9O4SSi. The van der Waals surface area contributed by atoms with Crippen molar-refractivity contribution in [2.24, 2.45) is 0 Å². The van der Waals surface area contributed by atoms with Gasteiger partial charge >= 0.3 is 0 Å². The summed E-state index contributed by atoms with van der Waals surface area (Å²) in [7, 11) is -0.208. The van der Waals surface area contributed by atoms with Crippen LogP contribution in [0.5, 0.6) is 0 Å². The minimum atomic E-state index is -2.19. The zero-order valence-electron chi connectivity index (χ0n) is 28.4. The van der Waals surface area contributed by atoms with Crippen LogP contribution in [0.3, 0.4) is 0 Å². The molecule has 1 aliphatic heterocycles. The molecular weight excluding hydrogens is 666 g/mol. The van der Waals surface area contributed by atoms with E-state index in [1.54, 1.807) is 34.8 Å². The van der Waals surface area contributed by atoms with Crippen molar-refractivity contribution in [3.63, 3.8) is 0 Å². The van der Waals surface area contributed by atoms with Crippen molar-refractivity contribution in [2.45, 2.75) is 82.8 Å². The number of piperazine rings is 1. The Morgan fingerprint density at radius 3 is 2.33 bits per heavy atom. The van der Waals surface area contributed by atoms with Crippen molar-refractivity contribution in [3.05, 3.63) is 58.6 Å². The van der Waals surface area contributed by atoms with E-state index in [0.29, 0.717) is 37.4 Å². The Bertz CT molecular complexity index is 1600. The molecule has 16 heteroatoms. The lowest BCUT2D eigenvalue weighted by molar-refractivity contribution is -0.135. The highest BCUT2D eigenvalue weighted by atomic mass is 32.1. The maximum Gasteiger partial charge on any atom is 0.284 e. The Balaban J connectivity index is 1.35. The molecule has 3 N–H and O–H groups in total. The van der Waals surface area contributed by atoms with Gasteiger partial charge in [0.1, 0.15) is 22.4 Å². The average Bonchev–Trinajstić information content (AvgIpc) is 3.75.